The molecule has 0 bridgehead atoms. The third kappa shape index (κ3) is 2.32. The summed E-state index contributed by atoms with van der Waals surface area (Å²) in [6, 6.07) is 14.1. The second-order valence-corrected chi connectivity index (χ2v) is 7.19. The van der Waals surface area contributed by atoms with Crippen LogP contribution in [-0.2, 0) is 0 Å². The summed E-state index contributed by atoms with van der Waals surface area (Å²) in [4.78, 5) is 27.9. The van der Waals surface area contributed by atoms with E-state index in [4.69, 9.17) is 4.42 Å². The number of benzene rings is 2. The molecule has 0 radical (unpaired) electrons. The lowest BCUT2D eigenvalue weighted by Gasteiger charge is -2.22. The Balaban J connectivity index is 1.83. The predicted molar refractivity (Wildman–Crippen MR) is 102 cm³/mol. The van der Waals surface area contributed by atoms with Crippen molar-refractivity contribution in [2.75, 3.05) is 4.90 Å². The summed E-state index contributed by atoms with van der Waals surface area (Å²) in [6.45, 7) is 1.99. The normalized spacial score (nSPS) is 16.1. The van der Waals surface area contributed by atoms with Crippen LogP contribution < -0.4 is 10.3 Å². The number of para-hydroxylation sites is 1. The third-order valence-corrected chi connectivity index (χ3v) is 5.41. The van der Waals surface area contributed by atoms with Crippen molar-refractivity contribution < 1.29 is 9.21 Å². The average molecular weight is 375 g/mol. The number of fused-ring (bicyclic) bond motifs is 2. The van der Waals surface area contributed by atoms with E-state index in [1.807, 2.05) is 31.2 Å². The van der Waals surface area contributed by atoms with Crippen LogP contribution in [0.1, 0.15) is 33.3 Å². The number of hydrogen-bond acceptors (Lipinski definition) is 6. The molecule has 0 fully saturated rings. The van der Waals surface area contributed by atoms with E-state index in [0.717, 1.165) is 11.1 Å². The van der Waals surface area contributed by atoms with Crippen LogP contribution in [0.4, 0.5) is 5.13 Å². The molecular weight excluding hydrogens is 362 g/mol. The molecule has 0 aliphatic carbocycles. The van der Waals surface area contributed by atoms with Crippen molar-refractivity contribution in [2.24, 2.45) is 0 Å². The van der Waals surface area contributed by atoms with E-state index in [9.17, 15) is 9.59 Å². The largest absolute Gasteiger partial charge is 0.450 e. The van der Waals surface area contributed by atoms with Gasteiger partial charge < -0.3 is 4.42 Å². The van der Waals surface area contributed by atoms with Gasteiger partial charge in [0.2, 0.25) is 10.9 Å². The van der Waals surface area contributed by atoms with E-state index in [-0.39, 0.29) is 17.1 Å². The predicted octanol–water partition coefficient (Wildman–Crippen LogP) is 3.70. The summed E-state index contributed by atoms with van der Waals surface area (Å²) >= 11 is 1.25. The van der Waals surface area contributed by atoms with Crippen LogP contribution in [0, 0.1) is 6.92 Å². The molecule has 0 saturated heterocycles. The molecule has 0 N–H and O–H groups in total. The average Bonchev–Trinajstić information content (AvgIpc) is 3.30. The molecule has 7 heteroatoms. The van der Waals surface area contributed by atoms with Crippen molar-refractivity contribution in [3.63, 3.8) is 0 Å². The molecule has 1 aliphatic rings. The molecule has 3 heterocycles. The van der Waals surface area contributed by atoms with Crippen molar-refractivity contribution in [1.29, 1.82) is 0 Å². The number of aryl methyl sites for hydroxylation is 1. The Hall–Kier alpha value is -3.32. The van der Waals surface area contributed by atoms with E-state index in [0.29, 0.717) is 21.7 Å². The van der Waals surface area contributed by atoms with Crippen molar-refractivity contribution in [3.8, 4) is 0 Å². The highest BCUT2D eigenvalue weighted by Gasteiger charge is 2.44. The third-order valence-electron chi connectivity index (χ3n) is 4.73. The lowest BCUT2D eigenvalue weighted by molar-refractivity contribution is 0.0970. The fraction of sp³-hybridized carbons (Fsp3) is 0.100. The topological polar surface area (TPSA) is 76.3 Å². The summed E-state index contributed by atoms with van der Waals surface area (Å²) in [7, 11) is 0. The van der Waals surface area contributed by atoms with Gasteiger partial charge in [-0.05, 0) is 24.6 Å². The molecule has 0 spiro atoms. The monoisotopic (exact) mass is 375 g/mol. The van der Waals surface area contributed by atoms with Crippen molar-refractivity contribution in [2.45, 2.75) is 13.0 Å². The lowest BCUT2D eigenvalue weighted by Crippen LogP contribution is -2.29. The van der Waals surface area contributed by atoms with Gasteiger partial charge in [-0.25, -0.2) is 0 Å². The summed E-state index contributed by atoms with van der Waals surface area (Å²) in [5.74, 6) is -0.311. The Labute approximate surface area is 157 Å². The van der Waals surface area contributed by atoms with Gasteiger partial charge in [-0.15, -0.1) is 10.2 Å². The van der Waals surface area contributed by atoms with Crippen LogP contribution in [-0.4, -0.2) is 16.1 Å². The maximum Gasteiger partial charge on any atom is 0.297 e. The van der Waals surface area contributed by atoms with E-state index in [1.165, 1.54) is 16.2 Å². The van der Waals surface area contributed by atoms with Crippen LogP contribution in [0.5, 0.6) is 0 Å². The maximum absolute atomic E-state index is 13.3. The molecule has 27 heavy (non-hydrogen) atoms. The number of aromatic nitrogens is 2. The number of carbonyl (C=O) groups is 1. The molecule has 2 aromatic heterocycles. The minimum atomic E-state index is -0.595. The molecule has 1 aliphatic heterocycles. The van der Waals surface area contributed by atoms with Crippen molar-refractivity contribution in [3.05, 3.63) is 86.7 Å². The second-order valence-electron chi connectivity index (χ2n) is 6.38. The smallest absolute Gasteiger partial charge is 0.297 e. The van der Waals surface area contributed by atoms with E-state index >= 15 is 0 Å². The van der Waals surface area contributed by atoms with Gasteiger partial charge in [-0.2, -0.15) is 0 Å². The van der Waals surface area contributed by atoms with Gasteiger partial charge in [0.25, 0.3) is 5.91 Å². The van der Waals surface area contributed by atoms with Crippen molar-refractivity contribution >= 4 is 33.3 Å². The van der Waals surface area contributed by atoms with E-state index in [2.05, 4.69) is 10.2 Å². The van der Waals surface area contributed by atoms with Crippen LogP contribution in [0.15, 0.2) is 63.3 Å². The number of rotatable bonds is 2. The van der Waals surface area contributed by atoms with Gasteiger partial charge in [-0.3, -0.25) is 14.5 Å². The van der Waals surface area contributed by atoms with Crippen LogP contribution in [0.3, 0.4) is 0 Å². The molecule has 132 valence electrons. The molecule has 1 atom stereocenters. The Morgan fingerprint density at radius 3 is 2.59 bits per heavy atom. The second kappa shape index (κ2) is 5.85. The molecule has 2 aromatic carbocycles. The Morgan fingerprint density at radius 2 is 1.85 bits per heavy atom. The molecule has 1 amide bonds. The van der Waals surface area contributed by atoms with Crippen LogP contribution in [0.2, 0.25) is 0 Å². The zero-order valence-electron chi connectivity index (χ0n) is 14.2. The number of anilines is 1. The van der Waals surface area contributed by atoms with Crippen LogP contribution in [0.25, 0.3) is 11.0 Å². The first-order valence-corrected chi connectivity index (χ1v) is 9.25. The van der Waals surface area contributed by atoms with Gasteiger partial charge in [-0.1, -0.05) is 53.3 Å². The SMILES string of the molecule is Cc1ccc([C@@H]2c3c(oc4ccccc4c3=O)C(=O)N2c2nncs2)cc1. The fourth-order valence-corrected chi connectivity index (χ4v) is 4.04. The summed E-state index contributed by atoms with van der Waals surface area (Å²) in [5, 5.41) is 8.79. The van der Waals surface area contributed by atoms with Gasteiger partial charge in [0.1, 0.15) is 11.1 Å². The minimum absolute atomic E-state index is 0.0690. The maximum atomic E-state index is 13.3. The first kappa shape index (κ1) is 15.9. The summed E-state index contributed by atoms with van der Waals surface area (Å²) < 4.78 is 5.87. The number of carbonyl (C=O) groups excluding carboxylic acids is 1. The number of amides is 1. The van der Waals surface area contributed by atoms with Gasteiger partial charge >= 0.3 is 0 Å². The lowest BCUT2D eigenvalue weighted by atomic mass is 9.98. The van der Waals surface area contributed by atoms with Gasteiger partial charge in [0, 0.05) is 0 Å². The molecule has 4 aromatic rings. The quantitative estimate of drug-likeness (QED) is 0.534. The first-order valence-electron chi connectivity index (χ1n) is 8.37. The standard InChI is InChI=1S/C20H13N3O3S/c1-11-6-8-12(9-7-11)16-15-17(24)13-4-2-3-5-14(13)26-18(15)19(25)23(16)20-22-21-10-27-20/h2-10,16H,1H3/t16-/m1/s1. The highest BCUT2D eigenvalue weighted by Crippen LogP contribution is 2.41. The Morgan fingerprint density at radius 1 is 1.07 bits per heavy atom. The number of nitrogens with zero attached hydrogens (tertiary/aromatic N) is 3. The molecular formula is C20H13N3O3S. The zero-order valence-corrected chi connectivity index (χ0v) is 15.1. The first-order chi connectivity index (χ1) is 13.1. The van der Waals surface area contributed by atoms with E-state index in [1.54, 1.807) is 29.8 Å². The minimum Gasteiger partial charge on any atom is -0.450 e. The highest BCUT2D eigenvalue weighted by atomic mass is 32.1. The Kier molecular flexibility index (Phi) is 3.45. The number of hydrogen-bond donors (Lipinski definition) is 0. The summed E-state index contributed by atoms with van der Waals surface area (Å²) in [5.41, 5.74) is 4.03. The zero-order chi connectivity index (χ0) is 18.5. The summed E-state index contributed by atoms with van der Waals surface area (Å²) in [6.07, 6.45) is 0. The van der Waals surface area contributed by atoms with Gasteiger partial charge in [0.15, 0.2) is 5.43 Å². The van der Waals surface area contributed by atoms with E-state index < -0.39 is 6.04 Å². The molecule has 6 nitrogen and oxygen atoms in total. The molecule has 5 rings (SSSR count). The van der Waals surface area contributed by atoms with Crippen LogP contribution >= 0.6 is 11.3 Å². The molecule has 0 saturated carbocycles. The van der Waals surface area contributed by atoms with Gasteiger partial charge in [0.05, 0.1) is 17.0 Å². The Bertz CT molecular complexity index is 1230. The van der Waals surface area contributed by atoms with Crippen molar-refractivity contribution in [1.82, 2.24) is 10.2 Å². The molecule has 0 unspecified atom stereocenters. The highest BCUT2D eigenvalue weighted by molar-refractivity contribution is 7.13. The fourth-order valence-electron chi connectivity index (χ4n) is 3.45.